The highest BCUT2D eigenvalue weighted by Crippen LogP contribution is 2.05. The fourth-order valence-corrected chi connectivity index (χ4v) is 1.50. The molecule has 1 aromatic rings. The van der Waals surface area contributed by atoms with E-state index in [1.165, 1.54) is 6.20 Å². The minimum Gasteiger partial charge on any atom is -0.473 e. The highest BCUT2D eigenvalue weighted by atomic mass is 32.1. The summed E-state index contributed by atoms with van der Waals surface area (Å²) in [7, 11) is 1.55. The van der Waals surface area contributed by atoms with Crippen molar-refractivity contribution >= 4 is 11.7 Å². The number of aliphatic hydroxyl groups is 2. The van der Waals surface area contributed by atoms with Crippen LogP contribution in [0.15, 0.2) is 6.20 Å². The van der Waals surface area contributed by atoms with Crippen LogP contribution in [0.1, 0.15) is 0 Å². The molecule has 8 heteroatoms. The smallest absolute Gasteiger partial charge is 0.245 e. The van der Waals surface area contributed by atoms with Crippen LogP contribution in [-0.4, -0.2) is 64.6 Å². The quantitative estimate of drug-likeness (QED) is 0.519. The normalized spacial score (nSPS) is 14.5. The predicted molar refractivity (Wildman–Crippen MR) is 62.2 cm³/mol. The van der Waals surface area contributed by atoms with E-state index in [2.05, 4.69) is 14.1 Å². The van der Waals surface area contributed by atoms with Crippen molar-refractivity contribution in [2.45, 2.75) is 12.1 Å². The third kappa shape index (κ3) is 5.89. The summed E-state index contributed by atoms with van der Waals surface area (Å²) in [6, 6.07) is -0.185. The van der Waals surface area contributed by atoms with Crippen molar-refractivity contribution in [1.29, 1.82) is 0 Å². The van der Waals surface area contributed by atoms with E-state index in [1.54, 1.807) is 7.11 Å². The molecule has 0 saturated carbocycles. The molecule has 3 N–H and O–H groups in total. The fourth-order valence-electron chi connectivity index (χ4n) is 1.14. The second-order valence-electron chi connectivity index (χ2n) is 3.45. The lowest BCUT2D eigenvalue weighted by Crippen LogP contribution is -2.42. The zero-order chi connectivity index (χ0) is 12.5. The van der Waals surface area contributed by atoms with Crippen molar-refractivity contribution < 1.29 is 19.7 Å². The van der Waals surface area contributed by atoms with E-state index in [0.717, 1.165) is 11.7 Å². The van der Waals surface area contributed by atoms with Gasteiger partial charge in [0, 0.05) is 13.7 Å². The van der Waals surface area contributed by atoms with Crippen LogP contribution >= 0.6 is 11.7 Å². The summed E-state index contributed by atoms with van der Waals surface area (Å²) in [4.78, 5) is 0. The van der Waals surface area contributed by atoms with E-state index < -0.39 is 6.10 Å². The molecule has 0 saturated heterocycles. The summed E-state index contributed by atoms with van der Waals surface area (Å²) in [6.07, 6.45) is 0.814. The molecule has 0 aliphatic rings. The highest BCUT2D eigenvalue weighted by molar-refractivity contribution is 6.99. The average molecular weight is 263 g/mol. The Kier molecular flexibility index (Phi) is 6.97. The van der Waals surface area contributed by atoms with Gasteiger partial charge in [0.2, 0.25) is 5.88 Å². The first kappa shape index (κ1) is 14.3. The minimum atomic E-state index is -0.678. The van der Waals surface area contributed by atoms with Crippen LogP contribution in [0.2, 0.25) is 0 Å². The number of nitrogens with zero attached hydrogens (tertiary/aromatic N) is 2. The van der Waals surface area contributed by atoms with Crippen LogP contribution in [0.25, 0.3) is 0 Å². The number of hydrogen-bond acceptors (Lipinski definition) is 8. The van der Waals surface area contributed by atoms with E-state index in [9.17, 15) is 5.11 Å². The van der Waals surface area contributed by atoms with Crippen molar-refractivity contribution in [1.82, 2.24) is 14.1 Å². The molecule has 1 heterocycles. The number of ether oxygens (including phenoxy) is 2. The van der Waals surface area contributed by atoms with Gasteiger partial charge in [0.1, 0.15) is 18.9 Å². The molecule has 0 spiro atoms. The van der Waals surface area contributed by atoms with Gasteiger partial charge in [-0.25, -0.2) is 0 Å². The molecule has 0 aliphatic carbocycles. The summed E-state index contributed by atoms with van der Waals surface area (Å²) in [6.45, 7) is 0.785. The standard InChI is InChI=1S/C9H17N3O4S/c1-15-5-7(4-13)10-2-8(14)6-16-9-3-11-17-12-9/h3,7-8,10,13-14H,2,4-6H2,1H3. The first-order valence-corrected chi connectivity index (χ1v) is 5.91. The van der Waals surface area contributed by atoms with Crippen molar-refractivity contribution in [3.8, 4) is 5.88 Å². The van der Waals surface area contributed by atoms with E-state index in [1.807, 2.05) is 0 Å². The van der Waals surface area contributed by atoms with Gasteiger partial charge in [-0.2, -0.15) is 4.37 Å². The van der Waals surface area contributed by atoms with E-state index >= 15 is 0 Å². The molecule has 17 heavy (non-hydrogen) atoms. The van der Waals surface area contributed by atoms with Gasteiger partial charge in [0.05, 0.1) is 31.0 Å². The molecule has 1 aromatic heterocycles. The van der Waals surface area contributed by atoms with Crippen molar-refractivity contribution in [3.63, 3.8) is 0 Å². The van der Waals surface area contributed by atoms with Crippen molar-refractivity contribution in [2.24, 2.45) is 0 Å². The summed E-state index contributed by atoms with van der Waals surface area (Å²) < 4.78 is 17.7. The van der Waals surface area contributed by atoms with E-state index in [0.29, 0.717) is 19.0 Å². The molecule has 0 fully saturated rings. The predicted octanol–water partition coefficient (Wildman–Crippen LogP) is -1.13. The molecule has 0 radical (unpaired) electrons. The van der Waals surface area contributed by atoms with Gasteiger partial charge in [0.15, 0.2) is 0 Å². The molecule has 0 bridgehead atoms. The second kappa shape index (κ2) is 8.31. The Bertz CT molecular complexity index is 286. The summed E-state index contributed by atoms with van der Waals surface area (Å²) >= 11 is 1.05. The van der Waals surface area contributed by atoms with Crippen LogP contribution in [-0.2, 0) is 4.74 Å². The van der Waals surface area contributed by atoms with Crippen LogP contribution in [0.4, 0.5) is 0 Å². The van der Waals surface area contributed by atoms with Crippen LogP contribution in [0.3, 0.4) is 0 Å². The Hall–Kier alpha value is -0.800. The molecule has 98 valence electrons. The first-order valence-electron chi connectivity index (χ1n) is 5.18. The monoisotopic (exact) mass is 263 g/mol. The molecule has 0 amide bonds. The molecular weight excluding hydrogens is 246 g/mol. The van der Waals surface area contributed by atoms with E-state index in [-0.39, 0.29) is 19.3 Å². The van der Waals surface area contributed by atoms with E-state index in [4.69, 9.17) is 14.6 Å². The Morgan fingerprint density at radius 2 is 2.35 bits per heavy atom. The maximum absolute atomic E-state index is 9.61. The van der Waals surface area contributed by atoms with Crippen LogP contribution in [0.5, 0.6) is 5.88 Å². The number of methoxy groups -OCH3 is 1. The molecule has 2 unspecified atom stereocenters. The topological polar surface area (TPSA) is 96.7 Å². The Balaban J connectivity index is 2.13. The number of rotatable bonds is 9. The molecule has 0 aromatic carbocycles. The lowest BCUT2D eigenvalue weighted by atomic mass is 10.3. The number of aliphatic hydroxyl groups excluding tert-OH is 2. The number of hydrogen-bond donors (Lipinski definition) is 3. The third-order valence-electron chi connectivity index (χ3n) is 2.00. The SMILES string of the molecule is COCC(CO)NCC(O)COc1cnsn1. The largest absolute Gasteiger partial charge is 0.473 e. The lowest BCUT2D eigenvalue weighted by Gasteiger charge is -2.17. The number of aromatic nitrogens is 2. The Morgan fingerprint density at radius 3 is 2.94 bits per heavy atom. The Morgan fingerprint density at radius 1 is 1.53 bits per heavy atom. The zero-order valence-electron chi connectivity index (χ0n) is 9.57. The summed E-state index contributed by atoms with van der Waals surface area (Å²) in [5.41, 5.74) is 0. The number of nitrogens with one attached hydrogen (secondary N) is 1. The van der Waals surface area contributed by atoms with Crippen molar-refractivity contribution in [2.75, 3.05) is 33.5 Å². The fraction of sp³-hybridized carbons (Fsp3) is 0.778. The van der Waals surface area contributed by atoms with Crippen LogP contribution < -0.4 is 10.1 Å². The van der Waals surface area contributed by atoms with Gasteiger partial charge in [-0.15, -0.1) is 4.37 Å². The summed E-state index contributed by atoms with van der Waals surface area (Å²) in [5, 5.41) is 21.5. The molecule has 1 rings (SSSR count). The lowest BCUT2D eigenvalue weighted by molar-refractivity contribution is 0.0842. The first-order chi connectivity index (χ1) is 8.26. The van der Waals surface area contributed by atoms with Crippen molar-refractivity contribution in [3.05, 3.63) is 6.20 Å². The van der Waals surface area contributed by atoms with Gasteiger partial charge in [-0.05, 0) is 0 Å². The third-order valence-corrected chi connectivity index (χ3v) is 2.46. The van der Waals surface area contributed by atoms with Gasteiger partial charge in [-0.3, -0.25) is 0 Å². The van der Waals surface area contributed by atoms with Gasteiger partial charge in [0.25, 0.3) is 0 Å². The van der Waals surface area contributed by atoms with Crippen LogP contribution in [0, 0.1) is 0 Å². The highest BCUT2D eigenvalue weighted by Gasteiger charge is 2.11. The maximum atomic E-state index is 9.61. The van der Waals surface area contributed by atoms with Gasteiger partial charge < -0.3 is 25.0 Å². The summed E-state index contributed by atoms with van der Waals surface area (Å²) in [5.74, 6) is 0.407. The minimum absolute atomic E-state index is 0.0442. The molecule has 7 nitrogen and oxygen atoms in total. The molecule has 0 aliphatic heterocycles. The average Bonchev–Trinajstić information content (AvgIpc) is 2.85. The second-order valence-corrected chi connectivity index (χ2v) is 4.01. The zero-order valence-corrected chi connectivity index (χ0v) is 10.4. The Labute approximate surface area is 104 Å². The molecule has 2 atom stereocenters. The van der Waals surface area contributed by atoms with Gasteiger partial charge in [-0.1, -0.05) is 0 Å². The van der Waals surface area contributed by atoms with Gasteiger partial charge >= 0.3 is 0 Å². The molecular formula is C9H17N3O4S. The maximum Gasteiger partial charge on any atom is 0.245 e.